The van der Waals surface area contributed by atoms with Crippen LogP contribution in [-0.2, 0) is 6.54 Å². The number of aromatic amines is 1. The number of nitrogens with zero attached hydrogens (tertiary/aromatic N) is 3. The SMILES string of the molecule is C[CH2][Ge]([CH2]C)([CH2]C)[c]1n[nH]nc1C=NCc1ccccc1. The Morgan fingerprint density at radius 3 is 2.33 bits per heavy atom. The number of hydrogen-bond acceptors (Lipinski definition) is 3. The molecule has 0 unspecified atom stereocenters. The molecule has 0 radical (unpaired) electrons. The molecule has 0 fully saturated rings. The third-order valence-corrected chi connectivity index (χ3v) is 15.8. The summed E-state index contributed by atoms with van der Waals surface area (Å²) in [6.45, 7) is 7.59. The minimum atomic E-state index is -2.07. The van der Waals surface area contributed by atoms with Crippen LogP contribution in [0.5, 0.6) is 0 Å². The molecule has 0 aliphatic rings. The molecule has 1 aromatic carbocycles. The maximum atomic E-state index is 4.54. The second-order valence-electron chi connectivity index (χ2n) is 5.35. The van der Waals surface area contributed by atoms with Crippen LogP contribution in [-0.4, -0.2) is 34.9 Å². The summed E-state index contributed by atoms with van der Waals surface area (Å²) in [5, 5.41) is 15.4. The first-order valence-corrected chi connectivity index (χ1v) is 13.2. The van der Waals surface area contributed by atoms with Crippen LogP contribution in [0.15, 0.2) is 35.3 Å². The summed E-state index contributed by atoms with van der Waals surface area (Å²) < 4.78 is 1.24. The molecule has 21 heavy (non-hydrogen) atoms. The van der Waals surface area contributed by atoms with Gasteiger partial charge in [-0.25, -0.2) is 0 Å². The van der Waals surface area contributed by atoms with Crippen LogP contribution < -0.4 is 4.53 Å². The number of nitrogens with one attached hydrogen (secondary N) is 1. The average molecular weight is 345 g/mol. The zero-order chi connectivity index (χ0) is 15.1. The molecule has 2 aromatic rings. The van der Waals surface area contributed by atoms with Crippen molar-refractivity contribution in [2.45, 2.75) is 43.1 Å². The molecule has 112 valence electrons. The molecule has 0 atom stereocenters. The van der Waals surface area contributed by atoms with Gasteiger partial charge in [0.05, 0.1) is 0 Å². The second kappa shape index (κ2) is 7.54. The molecule has 5 heteroatoms. The van der Waals surface area contributed by atoms with E-state index in [0.29, 0.717) is 6.54 Å². The van der Waals surface area contributed by atoms with Crippen molar-refractivity contribution in [2.75, 3.05) is 0 Å². The molecule has 0 amide bonds. The molecule has 2 rings (SSSR count). The summed E-state index contributed by atoms with van der Waals surface area (Å²) in [4.78, 5) is 4.54. The van der Waals surface area contributed by atoms with Crippen LogP contribution >= 0.6 is 0 Å². The number of hydrogen-bond donors (Lipinski definition) is 1. The fourth-order valence-corrected chi connectivity index (χ4v) is 10.0. The van der Waals surface area contributed by atoms with Crippen LogP contribution in [0.2, 0.25) is 15.8 Å². The van der Waals surface area contributed by atoms with Gasteiger partial charge in [-0.15, -0.1) is 0 Å². The van der Waals surface area contributed by atoms with E-state index in [9.17, 15) is 0 Å². The summed E-state index contributed by atoms with van der Waals surface area (Å²) >= 11 is -2.07. The third kappa shape index (κ3) is 3.61. The van der Waals surface area contributed by atoms with Crippen molar-refractivity contribution in [3.8, 4) is 0 Å². The van der Waals surface area contributed by atoms with Gasteiger partial charge < -0.3 is 0 Å². The molecule has 0 saturated heterocycles. The fourth-order valence-electron chi connectivity index (χ4n) is 2.79. The number of benzene rings is 1. The molecule has 1 N–H and O–H groups in total. The first-order chi connectivity index (χ1) is 10.3. The Bertz CT molecular complexity index is 565. The second-order valence-corrected chi connectivity index (χ2v) is 16.2. The first kappa shape index (κ1) is 16.0. The number of rotatable bonds is 7. The molecular formula is C16H24GeN4. The molecule has 0 spiro atoms. The first-order valence-electron chi connectivity index (χ1n) is 7.70. The molecule has 0 bridgehead atoms. The van der Waals surface area contributed by atoms with Gasteiger partial charge in [-0.3, -0.25) is 0 Å². The van der Waals surface area contributed by atoms with Gasteiger partial charge in [-0.2, -0.15) is 0 Å². The van der Waals surface area contributed by atoms with Gasteiger partial charge in [0.25, 0.3) is 0 Å². The van der Waals surface area contributed by atoms with E-state index < -0.39 is 13.3 Å². The Balaban J connectivity index is 2.17. The Kier molecular flexibility index (Phi) is 5.73. The Morgan fingerprint density at radius 1 is 1.05 bits per heavy atom. The van der Waals surface area contributed by atoms with E-state index in [1.54, 1.807) is 0 Å². The molecule has 0 saturated carbocycles. The maximum absolute atomic E-state index is 4.54. The number of aliphatic imine (C=N–C) groups is 1. The van der Waals surface area contributed by atoms with Crippen molar-refractivity contribution < 1.29 is 0 Å². The Morgan fingerprint density at radius 2 is 1.71 bits per heavy atom. The van der Waals surface area contributed by atoms with Crippen molar-refractivity contribution in [3.05, 3.63) is 41.6 Å². The zero-order valence-electron chi connectivity index (χ0n) is 13.1. The normalized spacial score (nSPS) is 12.1. The minimum absolute atomic E-state index is 0.692. The summed E-state index contributed by atoms with van der Waals surface area (Å²) in [6.07, 6.45) is 1.90. The predicted molar refractivity (Wildman–Crippen MR) is 91.0 cm³/mol. The Hall–Kier alpha value is -1.43. The van der Waals surface area contributed by atoms with E-state index in [-0.39, 0.29) is 0 Å². The Labute approximate surface area is 129 Å². The molecule has 1 heterocycles. The van der Waals surface area contributed by atoms with Crippen molar-refractivity contribution in [2.24, 2.45) is 4.99 Å². The van der Waals surface area contributed by atoms with E-state index in [1.807, 2.05) is 24.4 Å². The summed E-state index contributed by atoms with van der Waals surface area (Å²) in [5.74, 6) is 0. The fraction of sp³-hybridized carbons (Fsp3) is 0.438. The van der Waals surface area contributed by atoms with Gasteiger partial charge >= 0.3 is 129 Å². The van der Waals surface area contributed by atoms with Crippen molar-refractivity contribution in [1.29, 1.82) is 0 Å². The topological polar surface area (TPSA) is 53.9 Å². The van der Waals surface area contributed by atoms with Crippen molar-refractivity contribution in [3.63, 3.8) is 0 Å². The summed E-state index contributed by atoms with van der Waals surface area (Å²) in [7, 11) is 0. The van der Waals surface area contributed by atoms with Gasteiger partial charge in [0.1, 0.15) is 0 Å². The summed E-state index contributed by atoms with van der Waals surface area (Å²) in [6, 6.07) is 10.3. The van der Waals surface area contributed by atoms with E-state index in [4.69, 9.17) is 0 Å². The summed E-state index contributed by atoms with van der Waals surface area (Å²) in [5.41, 5.74) is 2.17. The molecule has 0 aliphatic carbocycles. The standard InChI is InChI=1S/C16H24GeN4/c1-4-17(5-2,6-3)16-15(19-21-20-16)13-18-12-14-10-8-7-9-11-14/h7-11,13H,4-6,12H2,1-3H3,(H,19,20,21). The van der Waals surface area contributed by atoms with E-state index in [0.717, 1.165) is 5.69 Å². The number of H-pyrrole nitrogens is 1. The van der Waals surface area contributed by atoms with Crippen molar-refractivity contribution >= 4 is 24.0 Å². The van der Waals surface area contributed by atoms with E-state index in [1.165, 1.54) is 25.8 Å². The molecular weight excluding hydrogens is 321 g/mol. The monoisotopic (exact) mass is 346 g/mol. The van der Waals surface area contributed by atoms with E-state index >= 15 is 0 Å². The van der Waals surface area contributed by atoms with Gasteiger partial charge in [-0.05, 0) is 0 Å². The van der Waals surface area contributed by atoms with Gasteiger partial charge in [0, 0.05) is 0 Å². The molecule has 0 aliphatic heterocycles. The zero-order valence-corrected chi connectivity index (χ0v) is 15.2. The van der Waals surface area contributed by atoms with E-state index in [2.05, 4.69) is 53.3 Å². The van der Waals surface area contributed by atoms with Gasteiger partial charge in [0.15, 0.2) is 0 Å². The molecule has 1 aromatic heterocycles. The third-order valence-electron chi connectivity index (χ3n) is 4.44. The average Bonchev–Trinajstić information content (AvgIpc) is 3.00. The van der Waals surface area contributed by atoms with Crippen LogP contribution in [0.3, 0.4) is 0 Å². The number of aromatic nitrogens is 3. The molecule has 4 nitrogen and oxygen atoms in total. The predicted octanol–water partition coefficient (Wildman–Crippen LogP) is 3.14. The van der Waals surface area contributed by atoms with Gasteiger partial charge in [0.2, 0.25) is 0 Å². The van der Waals surface area contributed by atoms with Crippen LogP contribution in [0.1, 0.15) is 32.0 Å². The van der Waals surface area contributed by atoms with Crippen LogP contribution in [0.4, 0.5) is 0 Å². The van der Waals surface area contributed by atoms with Crippen LogP contribution in [0.25, 0.3) is 0 Å². The van der Waals surface area contributed by atoms with Crippen LogP contribution in [0, 0.1) is 0 Å². The quantitative estimate of drug-likeness (QED) is 0.619. The van der Waals surface area contributed by atoms with Gasteiger partial charge in [-0.1, -0.05) is 0 Å². The van der Waals surface area contributed by atoms with Crippen molar-refractivity contribution in [1.82, 2.24) is 15.4 Å².